The van der Waals surface area contributed by atoms with Crippen LogP contribution in [0.3, 0.4) is 0 Å². The van der Waals surface area contributed by atoms with Crippen LogP contribution in [0.25, 0.3) is 0 Å². The number of nitrogens with one attached hydrogen (secondary N) is 3. The first-order chi connectivity index (χ1) is 9.04. The smallest absolute Gasteiger partial charge is 0.319 e. The predicted octanol–water partition coefficient (Wildman–Crippen LogP) is 2.57. The summed E-state index contributed by atoms with van der Waals surface area (Å²) in [4.78, 5) is 23.1. The molecule has 1 saturated carbocycles. The second kappa shape index (κ2) is 5.73. The third-order valence-electron chi connectivity index (χ3n) is 2.78. The Hall–Kier alpha value is -2.04. The largest absolute Gasteiger partial charge is 0.336 e. The number of amides is 3. The SMILES string of the molecule is CC(C)NC(=O)Nc1ccc(NC(=O)C2CC2)cc1. The normalized spacial score (nSPS) is 14.1. The molecule has 3 N–H and O–H groups in total. The van der Waals surface area contributed by atoms with Crippen LogP contribution in [0.2, 0.25) is 0 Å². The summed E-state index contributed by atoms with van der Waals surface area (Å²) in [5.41, 5.74) is 1.45. The molecular formula is C14H19N3O2. The van der Waals surface area contributed by atoms with Gasteiger partial charge in [0.15, 0.2) is 0 Å². The quantitative estimate of drug-likeness (QED) is 0.779. The van der Waals surface area contributed by atoms with Crippen LogP contribution in [0.5, 0.6) is 0 Å². The fourth-order valence-electron chi connectivity index (χ4n) is 1.66. The number of rotatable bonds is 4. The van der Waals surface area contributed by atoms with Gasteiger partial charge < -0.3 is 16.0 Å². The highest BCUT2D eigenvalue weighted by atomic mass is 16.2. The molecular weight excluding hydrogens is 242 g/mol. The van der Waals surface area contributed by atoms with E-state index in [1.807, 2.05) is 13.8 Å². The first kappa shape index (κ1) is 13.4. The van der Waals surface area contributed by atoms with Gasteiger partial charge in [0.25, 0.3) is 0 Å². The minimum absolute atomic E-state index is 0.0817. The summed E-state index contributed by atoms with van der Waals surface area (Å²) in [5, 5.41) is 8.32. The number of carbonyl (C=O) groups excluding carboxylic acids is 2. The Morgan fingerprint density at radius 1 is 1.05 bits per heavy atom. The number of anilines is 2. The minimum Gasteiger partial charge on any atom is -0.336 e. The highest BCUT2D eigenvalue weighted by Gasteiger charge is 2.29. The van der Waals surface area contributed by atoms with Crippen LogP contribution in [0.1, 0.15) is 26.7 Å². The van der Waals surface area contributed by atoms with Gasteiger partial charge in [-0.1, -0.05) is 0 Å². The molecule has 0 aromatic heterocycles. The van der Waals surface area contributed by atoms with Crippen molar-refractivity contribution >= 4 is 23.3 Å². The molecule has 1 aliphatic rings. The number of hydrogen-bond donors (Lipinski definition) is 3. The molecule has 1 aromatic rings. The van der Waals surface area contributed by atoms with E-state index in [-0.39, 0.29) is 23.9 Å². The van der Waals surface area contributed by atoms with E-state index < -0.39 is 0 Å². The van der Waals surface area contributed by atoms with Gasteiger partial charge in [-0.05, 0) is 51.0 Å². The molecule has 2 rings (SSSR count). The number of hydrogen-bond acceptors (Lipinski definition) is 2. The van der Waals surface area contributed by atoms with Gasteiger partial charge in [0, 0.05) is 23.3 Å². The Morgan fingerprint density at radius 3 is 2.05 bits per heavy atom. The zero-order valence-electron chi connectivity index (χ0n) is 11.2. The molecule has 0 aliphatic heterocycles. The Kier molecular flexibility index (Phi) is 4.04. The summed E-state index contributed by atoms with van der Waals surface area (Å²) in [5.74, 6) is 0.271. The van der Waals surface area contributed by atoms with Crippen LogP contribution in [0, 0.1) is 5.92 Å². The first-order valence-electron chi connectivity index (χ1n) is 6.53. The maximum absolute atomic E-state index is 11.6. The van der Waals surface area contributed by atoms with Crippen molar-refractivity contribution in [2.45, 2.75) is 32.7 Å². The Morgan fingerprint density at radius 2 is 1.58 bits per heavy atom. The van der Waals surface area contributed by atoms with E-state index in [4.69, 9.17) is 0 Å². The summed E-state index contributed by atoms with van der Waals surface area (Å²) in [6, 6.07) is 6.96. The monoisotopic (exact) mass is 261 g/mol. The summed E-state index contributed by atoms with van der Waals surface area (Å²) in [6.45, 7) is 3.80. The zero-order chi connectivity index (χ0) is 13.8. The van der Waals surface area contributed by atoms with Crippen LogP contribution < -0.4 is 16.0 Å². The highest BCUT2D eigenvalue weighted by Crippen LogP contribution is 2.30. The van der Waals surface area contributed by atoms with E-state index in [1.165, 1.54) is 0 Å². The predicted molar refractivity (Wildman–Crippen MR) is 75.1 cm³/mol. The van der Waals surface area contributed by atoms with Gasteiger partial charge in [-0.25, -0.2) is 4.79 Å². The van der Waals surface area contributed by atoms with E-state index >= 15 is 0 Å². The van der Waals surface area contributed by atoms with Crippen molar-refractivity contribution in [1.82, 2.24) is 5.32 Å². The number of carbonyl (C=O) groups is 2. The van der Waals surface area contributed by atoms with Crippen molar-refractivity contribution in [3.8, 4) is 0 Å². The molecule has 5 nitrogen and oxygen atoms in total. The first-order valence-corrected chi connectivity index (χ1v) is 6.53. The molecule has 0 atom stereocenters. The highest BCUT2D eigenvalue weighted by molar-refractivity contribution is 5.94. The fourth-order valence-corrected chi connectivity index (χ4v) is 1.66. The summed E-state index contributed by atoms with van der Waals surface area (Å²) >= 11 is 0. The van der Waals surface area contributed by atoms with E-state index in [9.17, 15) is 9.59 Å². The lowest BCUT2D eigenvalue weighted by molar-refractivity contribution is -0.117. The Bertz CT molecular complexity index is 464. The third-order valence-corrected chi connectivity index (χ3v) is 2.78. The molecule has 0 heterocycles. The lowest BCUT2D eigenvalue weighted by Crippen LogP contribution is -2.34. The summed E-state index contributed by atoms with van der Waals surface area (Å²) in [7, 11) is 0. The van der Waals surface area contributed by atoms with Crippen LogP contribution in [-0.4, -0.2) is 18.0 Å². The van der Waals surface area contributed by atoms with Gasteiger partial charge in [0.05, 0.1) is 0 Å². The molecule has 1 aliphatic carbocycles. The average Bonchev–Trinajstić information content (AvgIpc) is 3.14. The molecule has 1 fully saturated rings. The third kappa shape index (κ3) is 4.28. The topological polar surface area (TPSA) is 70.2 Å². The van der Waals surface area contributed by atoms with Gasteiger partial charge in [0.2, 0.25) is 5.91 Å². The van der Waals surface area contributed by atoms with Crippen LogP contribution >= 0.6 is 0 Å². The summed E-state index contributed by atoms with van der Waals surface area (Å²) in [6.07, 6.45) is 1.97. The average molecular weight is 261 g/mol. The summed E-state index contributed by atoms with van der Waals surface area (Å²) < 4.78 is 0. The van der Waals surface area contributed by atoms with Crippen LogP contribution in [0.15, 0.2) is 24.3 Å². The molecule has 0 spiro atoms. The maximum atomic E-state index is 11.6. The van der Waals surface area contributed by atoms with Gasteiger partial charge >= 0.3 is 6.03 Å². The fraction of sp³-hybridized carbons (Fsp3) is 0.429. The van der Waals surface area contributed by atoms with Gasteiger partial charge in [-0.15, -0.1) is 0 Å². The molecule has 3 amide bonds. The zero-order valence-corrected chi connectivity index (χ0v) is 11.2. The van der Waals surface area contributed by atoms with Crippen molar-refractivity contribution in [2.75, 3.05) is 10.6 Å². The number of urea groups is 1. The van der Waals surface area contributed by atoms with E-state index in [1.54, 1.807) is 24.3 Å². The minimum atomic E-state index is -0.232. The van der Waals surface area contributed by atoms with Gasteiger partial charge in [0.1, 0.15) is 0 Å². The molecule has 0 radical (unpaired) electrons. The molecule has 102 valence electrons. The second-order valence-electron chi connectivity index (χ2n) is 5.09. The molecule has 0 unspecified atom stereocenters. The molecule has 5 heteroatoms. The molecule has 19 heavy (non-hydrogen) atoms. The van der Waals surface area contributed by atoms with Crippen molar-refractivity contribution in [2.24, 2.45) is 5.92 Å². The standard InChI is InChI=1S/C14H19N3O2/c1-9(2)15-14(19)17-12-7-5-11(6-8-12)16-13(18)10-3-4-10/h5-10H,3-4H2,1-2H3,(H,16,18)(H2,15,17,19). The Labute approximate surface area is 112 Å². The van der Waals surface area contributed by atoms with Crippen molar-refractivity contribution in [1.29, 1.82) is 0 Å². The van der Waals surface area contributed by atoms with Gasteiger partial charge in [-0.2, -0.15) is 0 Å². The lowest BCUT2D eigenvalue weighted by atomic mass is 10.2. The van der Waals surface area contributed by atoms with E-state index in [2.05, 4.69) is 16.0 Å². The van der Waals surface area contributed by atoms with Gasteiger partial charge in [-0.3, -0.25) is 4.79 Å². The van der Waals surface area contributed by atoms with Crippen LogP contribution in [-0.2, 0) is 4.79 Å². The van der Waals surface area contributed by atoms with Crippen molar-refractivity contribution in [3.63, 3.8) is 0 Å². The van der Waals surface area contributed by atoms with E-state index in [0.717, 1.165) is 18.5 Å². The maximum Gasteiger partial charge on any atom is 0.319 e. The lowest BCUT2D eigenvalue weighted by Gasteiger charge is -2.10. The number of benzene rings is 1. The van der Waals surface area contributed by atoms with Crippen LogP contribution in [0.4, 0.5) is 16.2 Å². The molecule has 0 bridgehead atoms. The van der Waals surface area contributed by atoms with Crippen molar-refractivity contribution < 1.29 is 9.59 Å². The van der Waals surface area contributed by atoms with E-state index in [0.29, 0.717) is 5.69 Å². The molecule has 1 aromatic carbocycles. The Balaban J connectivity index is 1.87. The van der Waals surface area contributed by atoms with Crippen molar-refractivity contribution in [3.05, 3.63) is 24.3 Å². The molecule has 0 saturated heterocycles. The second-order valence-corrected chi connectivity index (χ2v) is 5.09.